The average molecular weight is 152 g/mol. The van der Waals surface area contributed by atoms with Crippen LogP contribution in [0, 0.1) is 0 Å². The van der Waals surface area contributed by atoms with Gasteiger partial charge in [0.1, 0.15) is 6.33 Å². The molecule has 11 heavy (non-hydrogen) atoms. The number of amidine groups is 1. The molecule has 0 aliphatic heterocycles. The van der Waals surface area contributed by atoms with E-state index < -0.39 is 0 Å². The van der Waals surface area contributed by atoms with Gasteiger partial charge < -0.3 is 0 Å². The number of rotatable bonds is 1. The van der Waals surface area contributed by atoms with Crippen LogP contribution >= 0.6 is 0 Å². The van der Waals surface area contributed by atoms with E-state index >= 15 is 0 Å². The zero-order valence-corrected chi connectivity index (χ0v) is 6.02. The van der Waals surface area contributed by atoms with Crippen LogP contribution in [0.25, 0.3) is 0 Å². The molecule has 0 aliphatic carbocycles. The van der Waals surface area contributed by atoms with Crippen LogP contribution in [0.2, 0.25) is 0 Å². The molecule has 0 fully saturated rings. The lowest BCUT2D eigenvalue weighted by Gasteiger charge is -2.00. The minimum absolute atomic E-state index is 0.352. The van der Waals surface area contributed by atoms with Crippen molar-refractivity contribution in [1.29, 1.82) is 0 Å². The fourth-order valence-corrected chi connectivity index (χ4v) is 0.665. The second-order valence-corrected chi connectivity index (χ2v) is 1.81. The molecule has 5 heteroatoms. The quantitative estimate of drug-likeness (QED) is 0.333. The van der Waals surface area contributed by atoms with Gasteiger partial charge in [-0.25, -0.2) is 9.97 Å². The van der Waals surface area contributed by atoms with Crippen LogP contribution in [-0.2, 0) is 0 Å². The summed E-state index contributed by atoms with van der Waals surface area (Å²) in [6.07, 6.45) is 4.52. The summed E-state index contributed by atoms with van der Waals surface area (Å²) in [5, 5.41) is 8.54. The maximum absolute atomic E-state index is 8.54. The van der Waals surface area contributed by atoms with Crippen molar-refractivity contribution in [2.45, 2.75) is 0 Å². The van der Waals surface area contributed by atoms with Crippen LogP contribution in [0.15, 0.2) is 23.7 Å². The highest BCUT2D eigenvalue weighted by atomic mass is 16.5. The molecule has 0 aromatic carbocycles. The minimum Gasteiger partial charge on any atom is -0.290 e. The van der Waals surface area contributed by atoms with Crippen molar-refractivity contribution in [3.63, 3.8) is 0 Å². The zero-order chi connectivity index (χ0) is 8.10. The van der Waals surface area contributed by atoms with E-state index in [1.807, 2.05) is 5.48 Å². The number of hydrogen-bond acceptors (Lipinski definition) is 4. The smallest absolute Gasteiger partial charge is 0.155 e. The molecule has 0 saturated carbocycles. The van der Waals surface area contributed by atoms with Crippen molar-refractivity contribution in [2.75, 3.05) is 7.05 Å². The number of nitrogens with zero attached hydrogens (tertiary/aromatic N) is 3. The van der Waals surface area contributed by atoms with Crippen LogP contribution in [0.5, 0.6) is 0 Å². The summed E-state index contributed by atoms with van der Waals surface area (Å²) in [5.74, 6) is 0.352. The third-order valence-electron chi connectivity index (χ3n) is 1.16. The van der Waals surface area contributed by atoms with Gasteiger partial charge in [-0.15, -0.1) is 0 Å². The maximum atomic E-state index is 8.54. The third kappa shape index (κ3) is 1.71. The molecule has 0 amide bonds. The predicted octanol–water partition coefficient (Wildman–Crippen LogP) is -0.168. The van der Waals surface area contributed by atoms with Gasteiger partial charge in [0.25, 0.3) is 0 Å². The minimum atomic E-state index is 0.352. The second kappa shape index (κ2) is 3.62. The van der Waals surface area contributed by atoms with E-state index in [-0.39, 0.29) is 0 Å². The van der Waals surface area contributed by atoms with Gasteiger partial charge in [-0.1, -0.05) is 0 Å². The molecule has 0 atom stereocenters. The summed E-state index contributed by atoms with van der Waals surface area (Å²) < 4.78 is 0. The Bertz CT molecular complexity index is 246. The first-order chi connectivity index (χ1) is 5.38. The largest absolute Gasteiger partial charge is 0.290 e. The molecule has 0 radical (unpaired) electrons. The first kappa shape index (κ1) is 7.62. The molecule has 2 N–H and O–H groups in total. The van der Waals surface area contributed by atoms with Crippen molar-refractivity contribution in [1.82, 2.24) is 15.4 Å². The van der Waals surface area contributed by atoms with Crippen LogP contribution in [0.3, 0.4) is 0 Å². The summed E-state index contributed by atoms with van der Waals surface area (Å²) in [5.41, 5.74) is 2.59. The van der Waals surface area contributed by atoms with Gasteiger partial charge in [0.15, 0.2) is 5.84 Å². The van der Waals surface area contributed by atoms with E-state index in [0.29, 0.717) is 11.4 Å². The average Bonchev–Trinajstić information content (AvgIpc) is 2.09. The number of aliphatic imine (C=N–C) groups is 1. The van der Waals surface area contributed by atoms with Gasteiger partial charge in [-0.2, -0.15) is 0 Å². The van der Waals surface area contributed by atoms with E-state index in [1.165, 1.54) is 6.33 Å². The summed E-state index contributed by atoms with van der Waals surface area (Å²) in [7, 11) is 1.56. The van der Waals surface area contributed by atoms with Crippen LogP contribution in [0.4, 0.5) is 0 Å². The van der Waals surface area contributed by atoms with Gasteiger partial charge in [0.05, 0.1) is 5.56 Å². The lowest BCUT2D eigenvalue weighted by Crippen LogP contribution is -2.20. The van der Waals surface area contributed by atoms with E-state index in [4.69, 9.17) is 5.21 Å². The number of aromatic nitrogens is 2. The van der Waals surface area contributed by atoms with Gasteiger partial charge >= 0.3 is 0 Å². The maximum Gasteiger partial charge on any atom is 0.155 e. The first-order valence-electron chi connectivity index (χ1n) is 3.00. The Labute approximate surface area is 63.8 Å². The molecule has 0 saturated heterocycles. The molecule has 1 rings (SSSR count). The Morgan fingerprint density at radius 3 is 2.64 bits per heavy atom. The van der Waals surface area contributed by atoms with Crippen molar-refractivity contribution in [2.24, 2.45) is 4.99 Å². The fraction of sp³-hybridized carbons (Fsp3) is 0.167. The van der Waals surface area contributed by atoms with Gasteiger partial charge in [0.2, 0.25) is 0 Å². The highest BCUT2D eigenvalue weighted by Gasteiger charge is 1.98. The SMILES string of the molecule is CN=C(NO)c1cncnc1. The molecule has 0 spiro atoms. The van der Waals surface area contributed by atoms with Crippen LogP contribution in [0.1, 0.15) is 5.56 Å². The molecule has 1 aromatic rings. The standard InChI is InChI=1S/C6H8N4O/c1-7-6(10-11)5-2-8-4-9-3-5/h2-4,11H,1H3,(H,7,10). The van der Waals surface area contributed by atoms with Crippen molar-refractivity contribution in [3.05, 3.63) is 24.3 Å². The Morgan fingerprint density at radius 2 is 2.18 bits per heavy atom. The number of hydrogen-bond donors (Lipinski definition) is 2. The highest BCUT2D eigenvalue weighted by Crippen LogP contribution is 1.92. The highest BCUT2D eigenvalue weighted by molar-refractivity contribution is 5.97. The molecular weight excluding hydrogens is 144 g/mol. The zero-order valence-electron chi connectivity index (χ0n) is 6.02. The Kier molecular flexibility index (Phi) is 2.51. The Balaban J connectivity index is 2.92. The Hall–Kier alpha value is -1.49. The number of nitrogens with one attached hydrogen (secondary N) is 1. The normalized spacial score (nSPS) is 11.3. The molecule has 0 bridgehead atoms. The van der Waals surface area contributed by atoms with E-state index in [1.54, 1.807) is 19.4 Å². The van der Waals surface area contributed by atoms with E-state index in [9.17, 15) is 0 Å². The predicted molar refractivity (Wildman–Crippen MR) is 39.4 cm³/mol. The van der Waals surface area contributed by atoms with E-state index in [0.717, 1.165) is 0 Å². The topological polar surface area (TPSA) is 70.4 Å². The summed E-state index contributed by atoms with van der Waals surface area (Å²) in [6.45, 7) is 0. The van der Waals surface area contributed by atoms with E-state index in [2.05, 4.69) is 15.0 Å². The second-order valence-electron chi connectivity index (χ2n) is 1.81. The molecule has 1 aromatic heterocycles. The molecule has 5 nitrogen and oxygen atoms in total. The van der Waals surface area contributed by atoms with Crippen molar-refractivity contribution < 1.29 is 5.21 Å². The fourth-order valence-electron chi connectivity index (χ4n) is 0.665. The van der Waals surface area contributed by atoms with Gasteiger partial charge in [-0.3, -0.25) is 15.7 Å². The van der Waals surface area contributed by atoms with Gasteiger partial charge in [-0.05, 0) is 0 Å². The van der Waals surface area contributed by atoms with Gasteiger partial charge in [0, 0.05) is 19.4 Å². The Morgan fingerprint density at radius 1 is 1.55 bits per heavy atom. The first-order valence-corrected chi connectivity index (χ1v) is 3.00. The lowest BCUT2D eigenvalue weighted by atomic mass is 10.3. The molecule has 0 unspecified atom stereocenters. The third-order valence-corrected chi connectivity index (χ3v) is 1.16. The monoisotopic (exact) mass is 152 g/mol. The summed E-state index contributed by atoms with van der Waals surface area (Å²) in [4.78, 5) is 11.3. The lowest BCUT2D eigenvalue weighted by molar-refractivity contribution is 0.235. The summed E-state index contributed by atoms with van der Waals surface area (Å²) in [6, 6.07) is 0. The number of hydroxylamine groups is 1. The molecular formula is C6H8N4O. The van der Waals surface area contributed by atoms with Crippen molar-refractivity contribution >= 4 is 5.84 Å². The molecule has 0 aliphatic rings. The molecule has 1 heterocycles. The van der Waals surface area contributed by atoms with Crippen LogP contribution < -0.4 is 5.48 Å². The molecule has 58 valence electrons. The summed E-state index contributed by atoms with van der Waals surface area (Å²) >= 11 is 0. The van der Waals surface area contributed by atoms with Crippen molar-refractivity contribution in [3.8, 4) is 0 Å². The van der Waals surface area contributed by atoms with Crippen LogP contribution in [-0.4, -0.2) is 28.1 Å².